The molecule has 0 atom stereocenters. The van der Waals surface area contributed by atoms with Crippen molar-refractivity contribution in [1.29, 1.82) is 0 Å². The number of H-pyrrole nitrogens is 2. The van der Waals surface area contributed by atoms with Crippen molar-refractivity contribution in [1.82, 2.24) is 19.9 Å². The Balaban J connectivity index is 1.34. The number of carbonyl (C=O) groups is 2. The lowest BCUT2D eigenvalue weighted by Gasteiger charge is -2.08. The number of hydrogen-bond acceptors (Lipinski definition) is 10. The molecule has 0 radical (unpaired) electrons. The number of allylic oxidation sites excluding steroid dienone is 4. The molecule has 0 saturated heterocycles. The van der Waals surface area contributed by atoms with Crippen LogP contribution in [0.15, 0.2) is 72.8 Å². The molecule has 3 aromatic heterocycles. The van der Waals surface area contributed by atoms with Crippen molar-refractivity contribution in [3.05, 3.63) is 138 Å². The number of nitro benzene ring substituents is 2. The van der Waals surface area contributed by atoms with Crippen molar-refractivity contribution in [2.75, 3.05) is 0 Å². The molecule has 0 amide bonds. The molecule has 5 aromatic rings. The number of ether oxygens (including phenoxy) is 2. The van der Waals surface area contributed by atoms with E-state index in [9.17, 15) is 29.8 Å². The Morgan fingerprint density at radius 1 is 0.583 bits per heavy atom. The van der Waals surface area contributed by atoms with Gasteiger partial charge in [0.05, 0.1) is 57.6 Å². The fraction of sp³-hybridized carbons (Fsp3) is 0.261. The molecule has 14 nitrogen and oxygen atoms in total. The molecule has 2 aliphatic rings. The molecular weight excluding hydrogens is 765 g/mol. The van der Waals surface area contributed by atoms with Crippen LogP contribution in [0.5, 0.6) is 11.5 Å². The summed E-state index contributed by atoms with van der Waals surface area (Å²) in [6, 6.07) is 19.1. The van der Waals surface area contributed by atoms with Crippen LogP contribution in [0, 0.1) is 34.1 Å². The number of aryl methyl sites for hydroxylation is 4. The molecule has 0 unspecified atom stereocenters. The number of nitrogens with zero attached hydrogens (tertiary/aromatic N) is 4. The van der Waals surface area contributed by atoms with Crippen LogP contribution in [0.2, 0.25) is 0 Å². The van der Waals surface area contributed by atoms with Crippen molar-refractivity contribution in [2.45, 2.75) is 80.1 Å². The second-order valence-electron chi connectivity index (χ2n) is 14.8. The summed E-state index contributed by atoms with van der Waals surface area (Å²) in [5, 5.41) is 22.6. The van der Waals surface area contributed by atoms with Crippen LogP contribution >= 0.6 is 0 Å². The lowest BCUT2D eigenvalue weighted by molar-refractivity contribution is -0.385. The molecule has 2 N–H and O–H groups in total. The molecule has 8 bridgehead atoms. The Labute approximate surface area is 345 Å². The quantitative estimate of drug-likeness (QED) is 0.0529. The van der Waals surface area contributed by atoms with E-state index < -0.39 is 21.8 Å². The van der Waals surface area contributed by atoms with E-state index in [-0.39, 0.29) is 48.6 Å². The second kappa shape index (κ2) is 16.9. The average molecular weight is 809 g/mol. The molecule has 2 aromatic carbocycles. The predicted octanol–water partition coefficient (Wildman–Crippen LogP) is 10.5. The first-order valence-electron chi connectivity index (χ1n) is 19.8. The molecular formula is C46H44N6O8. The van der Waals surface area contributed by atoms with Gasteiger partial charge in [-0.1, -0.05) is 26.0 Å². The Kier molecular flexibility index (Phi) is 11.6. The van der Waals surface area contributed by atoms with E-state index in [0.717, 1.165) is 73.9 Å². The zero-order chi connectivity index (χ0) is 42.8. The fourth-order valence-corrected chi connectivity index (χ4v) is 7.90. The highest BCUT2D eigenvalue weighted by molar-refractivity contribution is 5.96. The van der Waals surface area contributed by atoms with Gasteiger partial charge in [0.2, 0.25) is 0 Å². The fourth-order valence-electron chi connectivity index (χ4n) is 7.90. The minimum atomic E-state index is -0.562. The smallest absolute Gasteiger partial charge is 0.311 e. The zero-order valence-electron chi connectivity index (χ0n) is 34.2. The van der Waals surface area contributed by atoms with Crippen LogP contribution in [0.1, 0.15) is 98.4 Å². The van der Waals surface area contributed by atoms with Crippen molar-refractivity contribution in [2.24, 2.45) is 0 Å². The summed E-state index contributed by atoms with van der Waals surface area (Å²) < 4.78 is 11.0. The third kappa shape index (κ3) is 8.35. The van der Waals surface area contributed by atoms with Crippen molar-refractivity contribution < 1.29 is 28.9 Å². The van der Waals surface area contributed by atoms with E-state index >= 15 is 0 Å². The third-order valence-electron chi connectivity index (χ3n) is 11.2. The first kappa shape index (κ1) is 41.0. The molecule has 0 saturated carbocycles. The number of benzene rings is 2. The average Bonchev–Trinajstić information content (AvgIpc) is 3.88. The van der Waals surface area contributed by atoms with Gasteiger partial charge in [0.25, 0.3) is 11.4 Å². The maximum absolute atomic E-state index is 13.2. The third-order valence-corrected chi connectivity index (χ3v) is 11.2. The number of aromatic amines is 2. The van der Waals surface area contributed by atoms with E-state index in [1.807, 2.05) is 32.0 Å². The Morgan fingerprint density at radius 2 is 1.00 bits per heavy atom. The highest BCUT2D eigenvalue weighted by Crippen LogP contribution is 2.38. The summed E-state index contributed by atoms with van der Waals surface area (Å²) in [4.78, 5) is 65.5. The molecule has 60 heavy (non-hydrogen) atoms. The first-order valence-corrected chi connectivity index (χ1v) is 19.8. The van der Waals surface area contributed by atoms with Crippen LogP contribution in [0.4, 0.5) is 11.4 Å². The number of hydrogen-bond donors (Lipinski definition) is 2. The maximum atomic E-state index is 13.2. The van der Waals surface area contributed by atoms with Gasteiger partial charge in [-0.25, -0.2) is 9.97 Å². The highest BCUT2D eigenvalue weighted by atomic mass is 16.6. The zero-order valence-corrected chi connectivity index (χ0v) is 34.2. The van der Waals surface area contributed by atoms with Crippen molar-refractivity contribution in [3.63, 3.8) is 0 Å². The summed E-state index contributed by atoms with van der Waals surface area (Å²) in [5.74, 6) is -0.965. The topological polar surface area (TPSA) is 196 Å². The number of rotatable bonds is 12. The van der Waals surface area contributed by atoms with E-state index in [1.165, 1.54) is 54.1 Å². The predicted molar refractivity (Wildman–Crippen MR) is 230 cm³/mol. The second-order valence-corrected chi connectivity index (χ2v) is 14.8. The molecule has 0 spiro atoms. The van der Waals surface area contributed by atoms with Crippen LogP contribution in [0.25, 0.3) is 44.4 Å². The summed E-state index contributed by atoms with van der Waals surface area (Å²) in [6.45, 7) is 12.4. The van der Waals surface area contributed by atoms with Gasteiger partial charge < -0.3 is 19.4 Å². The number of esters is 2. The Hall–Kier alpha value is -7.22. The van der Waals surface area contributed by atoms with Crippen LogP contribution in [0.3, 0.4) is 0 Å². The van der Waals surface area contributed by atoms with Gasteiger partial charge in [-0.05, 0) is 134 Å². The van der Waals surface area contributed by atoms with Gasteiger partial charge in [-0.15, -0.1) is 0 Å². The molecule has 306 valence electrons. The highest BCUT2D eigenvalue weighted by Gasteiger charge is 2.24. The molecule has 7 rings (SSSR count). The molecule has 0 aliphatic carbocycles. The minimum Gasteiger partial charge on any atom is -0.426 e. The van der Waals surface area contributed by atoms with Crippen LogP contribution in [-0.4, -0.2) is 41.7 Å². The van der Waals surface area contributed by atoms with Crippen LogP contribution < -0.4 is 9.47 Å². The largest absolute Gasteiger partial charge is 0.426 e. The van der Waals surface area contributed by atoms with Crippen molar-refractivity contribution >= 4 is 67.7 Å². The minimum absolute atomic E-state index is 0.0345. The molecule has 14 heteroatoms. The lowest BCUT2D eigenvalue weighted by Crippen LogP contribution is -2.08. The standard InChI is InChI=1S/C46H44N6O8/c1-7-33-25(3)37-21-38-27(5)35(15-17-45(53)59-31-13-9-11-29(19-31)51(55)56)43(49-38)24-44-36(16-18-46(54)60-32-14-10-12-30(20-32)52(57)58)28(6)40(50-44)23-42-34(8-2)26(4)39(48-42)22-41(33)47-37/h9-14,19-24,47-48H,7-8,15-18H2,1-6H3. The molecule has 5 heterocycles. The van der Waals surface area contributed by atoms with E-state index in [0.29, 0.717) is 22.8 Å². The number of aromatic nitrogens is 4. The lowest BCUT2D eigenvalue weighted by atomic mass is 9.98. The monoisotopic (exact) mass is 808 g/mol. The van der Waals surface area contributed by atoms with E-state index in [1.54, 1.807) is 0 Å². The SMILES string of the molecule is CCc1c(C)c2cc3[nH]c(cc4nc(cc5nc(cc1[nH]2)C(C)=C5CCC(=O)Oc1cccc([N+](=O)[O-])c1)C(CCC(=O)Oc1cccc([N+](=O)[O-])c1)=C4C)c(C)c3CC. The van der Waals surface area contributed by atoms with Gasteiger partial charge in [-0.2, -0.15) is 0 Å². The number of carbonyl (C=O) groups excluding carboxylic acids is 2. The molecule has 0 fully saturated rings. The number of nitro groups is 2. The van der Waals surface area contributed by atoms with Gasteiger partial charge in [-0.3, -0.25) is 29.8 Å². The molecule has 2 aliphatic heterocycles. The maximum Gasteiger partial charge on any atom is 0.311 e. The van der Waals surface area contributed by atoms with Gasteiger partial charge in [0.15, 0.2) is 0 Å². The van der Waals surface area contributed by atoms with Crippen LogP contribution in [-0.2, 0) is 22.4 Å². The van der Waals surface area contributed by atoms with Gasteiger partial charge in [0, 0.05) is 34.2 Å². The van der Waals surface area contributed by atoms with E-state index in [4.69, 9.17) is 19.4 Å². The number of nitrogens with one attached hydrogen (secondary N) is 2. The summed E-state index contributed by atoms with van der Waals surface area (Å²) in [6.07, 6.45) is 2.03. The summed E-state index contributed by atoms with van der Waals surface area (Å²) in [5.41, 5.74) is 14.0. The normalized spacial score (nSPS) is 12.5. The number of fused-ring (bicyclic) bond motifs is 8. The summed E-state index contributed by atoms with van der Waals surface area (Å²) >= 11 is 0. The van der Waals surface area contributed by atoms with Gasteiger partial charge in [0.1, 0.15) is 11.5 Å². The summed E-state index contributed by atoms with van der Waals surface area (Å²) in [7, 11) is 0. The Morgan fingerprint density at radius 3 is 1.43 bits per heavy atom. The Bertz CT molecular complexity index is 2850. The van der Waals surface area contributed by atoms with E-state index in [2.05, 4.69) is 43.7 Å². The first-order chi connectivity index (χ1) is 28.7. The number of non-ortho nitro benzene ring substituents is 2. The van der Waals surface area contributed by atoms with Gasteiger partial charge >= 0.3 is 11.9 Å². The van der Waals surface area contributed by atoms with Crippen molar-refractivity contribution in [3.8, 4) is 11.5 Å².